The maximum atomic E-state index is 9.08. The average molecular weight is 330 g/mol. The number of nitriles is 1. The first-order chi connectivity index (χ1) is 9.26. The van der Waals surface area contributed by atoms with Crippen molar-refractivity contribution >= 4 is 24.8 Å². The van der Waals surface area contributed by atoms with Crippen LogP contribution in [0.5, 0.6) is 0 Å². The summed E-state index contributed by atoms with van der Waals surface area (Å²) in [4.78, 5) is 2.56. The Morgan fingerprint density at radius 1 is 1.29 bits per heavy atom. The van der Waals surface area contributed by atoms with Gasteiger partial charge in [0, 0.05) is 32.2 Å². The Balaban J connectivity index is 0.00000200. The summed E-state index contributed by atoms with van der Waals surface area (Å²) in [5.74, 6) is 0.604. The smallest absolute Gasteiger partial charge is 0.0991 e. The third-order valence-electron chi connectivity index (χ3n) is 4.09. The van der Waals surface area contributed by atoms with E-state index in [1.165, 1.54) is 5.56 Å². The van der Waals surface area contributed by atoms with Crippen LogP contribution in [0.2, 0.25) is 0 Å². The molecular formula is C16H25Cl2N3. The van der Waals surface area contributed by atoms with Gasteiger partial charge in [-0.3, -0.25) is 4.90 Å². The second-order valence-electron chi connectivity index (χ2n) is 5.35. The molecule has 1 aromatic carbocycles. The van der Waals surface area contributed by atoms with Crippen LogP contribution in [-0.2, 0) is 0 Å². The Bertz CT molecular complexity index is 453. The van der Waals surface area contributed by atoms with Gasteiger partial charge in [-0.15, -0.1) is 24.8 Å². The van der Waals surface area contributed by atoms with E-state index in [1.54, 1.807) is 0 Å². The second kappa shape index (κ2) is 10.0. The van der Waals surface area contributed by atoms with Crippen molar-refractivity contribution in [3.8, 4) is 6.07 Å². The topological polar surface area (TPSA) is 39.1 Å². The van der Waals surface area contributed by atoms with Gasteiger partial charge in [-0.2, -0.15) is 5.26 Å². The van der Waals surface area contributed by atoms with E-state index in [1.807, 2.05) is 12.1 Å². The fourth-order valence-corrected chi connectivity index (χ4v) is 2.87. The number of nitrogens with one attached hydrogen (secondary N) is 1. The Labute approximate surface area is 140 Å². The third kappa shape index (κ3) is 5.16. The molecule has 3 nitrogen and oxygen atoms in total. The molecule has 1 saturated heterocycles. The Morgan fingerprint density at radius 3 is 2.52 bits per heavy atom. The van der Waals surface area contributed by atoms with E-state index in [9.17, 15) is 0 Å². The Kier molecular flexibility index (Phi) is 9.65. The third-order valence-corrected chi connectivity index (χ3v) is 4.09. The molecule has 0 radical (unpaired) electrons. The summed E-state index contributed by atoms with van der Waals surface area (Å²) in [5, 5.41) is 12.5. The van der Waals surface area contributed by atoms with Gasteiger partial charge in [-0.25, -0.2) is 0 Å². The lowest BCUT2D eigenvalue weighted by Gasteiger charge is -2.38. The Hall–Kier alpha value is -0.790. The van der Waals surface area contributed by atoms with Crippen molar-refractivity contribution in [1.82, 2.24) is 10.2 Å². The molecule has 1 heterocycles. The summed E-state index contributed by atoms with van der Waals surface area (Å²) in [7, 11) is 0. The predicted octanol–water partition coefficient (Wildman–Crippen LogP) is 3.39. The average Bonchev–Trinajstić information content (AvgIpc) is 2.48. The lowest BCUT2D eigenvalue weighted by atomic mass is 9.90. The van der Waals surface area contributed by atoms with Gasteiger partial charge in [0.25, 0.3) is 0 Å². The zero-order valence-electron chi connectivity index (χ0n) is 12.7. The van der Waals surface area contributed by atoms with Gasteiger partial charge in [-0.05, 0) is 23.6 Å². The zero-order chi connectivity index (χ0) is 13.7. The van der Waals surface area contributed by atoms with E-state index in [0.717, 1.165) is 38.2 Å². The van der Waals surface area contributed by atoms with Crippen molar-refractivity contribution in [3.63, 3.8) is 0 Å². The molecule has 1 aliphatic heterocycles. The highest BCUT2D eigenvalue weighted by molar-refractivity contribution is 5.85. The van der Waals surface area contributed by atoms with Gasteiger partial charge in [0.05, 0.1) is 11.6 Å². The van der Waals surface area contributed by atoms with Gasteiger partial charge in [-0.1, -0.05) is 32.4 Å². The molecule has 1 N–H and O–H groups in total. The number of hydrogen-bond acceptors (Lipinski definition) is 3. The van der Waals surface area contributed by atoms with Crippen molar-refractivity contribution in [1.29, 1.82) is 5.26 Å². The molecule has 2 atom stereocenters. The molecular weight excluding hydrogens is 305 g/mol. The fraction of sp³-hybridized carbons (Fsp3) is 0.562. The summed E-state index contributed by atoms with van der Waals surface area (Å²) in [6, 6.07) is 10.8. The van der Waals surface area contributed by atoms with Gasteiger partial charge in [0.2, 0.25) is 0 Å². The molecule has 0 spiro atoms. The highest BCUT2D eigenvalue weighted by Crippen LogP contribution is 2.31. The molecule has 1 aliphatic rings. The number of halogens is 2. The molecule has 2 rings (SSSR count). The van der Waals surface area contributed by atoms with E-state index >= 15 is 0 Å². The number of piperazine rings is 1. The molecule has 1 aromatic rings. The number of benzene rings is 1. The molecule has 5 heteroatoms. The fourth-order valence-electron chi connectivity index (χ4n) is 2.87. The summed E-state index contributed by atoms with van der Waals surface area (Å²) in [6.07, 6.45) is 1.16. The SMILES string of the molecule is CCC(C)[C@@H](c1cccc(C#N)c1)N1CCNCC1.Cl.Cl. The lowest BCUT2D eigenvalue weighted by molar-refractivity contribution is 0.128. The van der Waals surface area contributed by atoms with Crippen molar-refractivity contribution in [2.45, 2.75) is 26.3 Å². The lowest BCUT2D eigenvalue weighted by Crippen LogP contribution is -2.46. The standard InChI is InChI=1S/C16H23N3.2ClH/c1-3-13(2)16(19-9-7-18-8-10-19)15-6-4-5-14(11-15)12-17;;/h4-6,11,13,16,18H,3,7-10H2,1-2H3;2*1H/t13?,16-;;/m0../s1. The minimum absolute atomic E-state index is 0. The van der Waals surface area contributed by atoms with Crippen LogP contribution in [-0.4, -0.2) is 31.1 Å². The number of nitrogens with zero attached hydrogens (tertiary/aromatic N) is 2. The molecule has 1 fully saturated rings. The van der Waals surface area contributed by atoms with Crippen LogP contribution >= 0.6 is 24.8 Å². The zero-order valence-corrected chi connectivity index (χ0v) is 14.3. The van der Waals surface area contributed by atoms with E-state index in [2.05, 4.69) is 42.3 Å². The molecule has 118 valence electrons. The van der Waals surface area contributed by atoms with E-state index < -0.39 is 0 Å². The highest BCUT2D eigenvalue weighted by atomic mass is 35.5. The van der Waals surface area contributed by atoms with Crippen molar-refractivity contribution in [3.05, 3.63) is 35.4 Å². The minimum atomic E-state index is 0. The molecule has 21 heavy (non-hydrogen) atoms. The van der Waals surface area contributed by atoms with Crippen LogP contribution < -0.4 is 5.32 Å². The summed E-state index contributed by atoms with van der Waals surface area (Å²) < 4.78 is 0. The molecule has 0 aliphatic carbocycles. The maximum absolute atomic E-state index is 9.08. The first-order valence-corrected chi connectivity index (χ1v) is 7.21. The quantitative estimate of drug-likeness (QED) is 0.920. The summed E-state index contributed by atoms with van der Waals surface area (Å²) >= 11 is 0. The first kappa shape index (κ1) is 20.2. The second-order valence-corrected chi connectivity index (χ2v) is 5.35. The van der Waals surface area contributed by atoms with Crippen molar-refractivity contribution in [2.75, 3.05) is 26.2 Å². The predicted molar refractivity (Wildman–Crippen MR) is 92.3 cm³/mol. The maximum Gasteiger partial charge on any atom is 0.0991 e. The molecule has 1 unspecified atom stereocenters. The van der Waals surface area contributed by atoms with Gasteiger partial charge in [0.1, 0.15) is 0 Å². The minimum Gasteiger partial charge on any atom is -0.314 e. The summed E-state index contributed by atoms with van der Waals surface area (Å²) in [5.41, 5.74) is 2.05. The van der Waals surface area contributed by atoms with E-state index in [4.69, 9.17) is 5.26 Å². The van der Waals surface area contributed by atoms with Crippen molar-refractivity contribution in [2.24, 2.45) is 5.92 Å². The number of rotatable bonds is 4. The van der Waals surface area contributed by atoms with Gasteiger partial charge < -0.3 is 5.32 Å². The number of hydrogen-bond donors (Lipinski definition) is 1. The van der Waals surface area contributed by atoms with Gasteiger partial charge in [0.15, 0.2) is 0 Å². The Morgan fingerprint density at radius 2 is 1.95 bits per heavy atom. The van der Waals surface area contributed by atoms with Crippen LogP contribution in [0.15, 0.2) is 24.3 Å². The van der Waals surface area contributed by atoms with E-state index in [0.29, 0.717) is 12.0 Å². The van der Waals surface area contributed by atoms with Crippen LogP contribution in [0.4, 0.5) is 0 Å². The van der Waals surface area contributed by atoms with Crippen LogP contribution in [0.25, 0.3) is 0 Å². The van der Waals surface area contributed by atoms with Crippen molar-refractivity contribution < 1.29 is 0 Å². The first-order valence-electron chi connectivity index (χ1n) is 7.21. The summed E-state index contributed by atoms with van der Waals surface area (Å²) in [6.45, 7) is 8.85. The molecule has 0 saturated carbocycles. The van der Waals surface area contributed by atoms with Crippen LogP contribution in [0, 0.1) is 17.2 Å². The monoisotopic (exact) mass is 329 g/mol. The normalized spacial score (nSPS) is 17.8. The largest absolute Gasteiger partial charge is 0.314 e. The molecule has 0 bridgehead atoms. The van der Waals surface area contributed by atoms with E-state index in [-0.39, 0.29) is 24.8 Å². The van der Waals surface area contributed by atoms with Crippen LogP contribution in [0.3, 0.4) is 0 Å². The van der Waals surface area contributed by atoms with Crippen LogP contribution in [0.1, 0.15) is 37.4 Å². The molecule has 0 aromatic heterocycles. The van der Waals surface area contributed by atoms with Gasteiger partial charge >= 0.3 is 0 Å². The molecule has 0 amide bonds. The highest BCUT2D eigenvalue weighted by Gasteiger charge is 2.26.